The first kappa shape index (κ1) is 16.3. The highest BCUT2D eigenvalue weighted by atomic mass is 32.2. The van der Waals surface area contributed by atoms with Crippen molar-refractivity contribution in [2.75, 3.05) is 12.3 Å². The summed E-state index contributed by atoms with van der Waals surface area (Å²) in [6.45, 7) is 9.26. The maximum Gasteiger partial charge on any atom is 0.123 e. The van der Waals surface area contributed by atoms with Crippen molar-refractivity contribution in [1.82, 2.24) is 5.32 Å². The van der Waals surface area contributed by atoms with Crippen molar-refractivity contribution in [2.24, 2.45) is 0 Å². The van der Waals surface area contributed by atoms with Gasteiger partial charge in [0.2, 0.25) is 0 Å². The highest BCUT2D eigenvalue weighted by Gasteiger charge is 2.08. The van der Waals surface area contributed by atoms with Gasteiger partial charge in [0.05, 0.1) is 0 Å². The van der Waals surface area contributed by atoms with Crippen molar-refractivity contribution in [3.05, 3.63) is 42.2 Å². The van der Waals surface area contributed by atoms with Crippen LogP contribution in [0.4, 0.5) is 4.39 Å². The van der Waals surface area contributed by atoms with Gasteiger partial charge in [-0.2, -0.15) is 0 Å². The third-order valence-electron chi connectivity index (χ3n) is 2.87. The van der Waals surface area contributed by atoms with Gasteiger partial charge in [-0.25, -0.2) is 4.39 Å². The molecule has 1 atom stereocenters. The number of hydrogen-bond donors (Lipinski definition) is 1. The maximum atomic E-state index is 12.8. The van der Waals surface area contributed by atoms with E-state index in [4.69, 9.17) is 0 Å². The molecule has 3 heteroatoms. The van der Waals surface area contributed by atoms with Crippen LogP contribution in [0.1, 0.15) is 33.1 Å². The Balaban J connectivity index is 2.42. The number of rotatable bonds is 9. The number of benzene rings is 1. The van der Waals surface area contributed by atoms with Gasteiger partial charge in [-0.3, -0.25) is 0 Å². The molecule has 0 bridgehead atoms. The fraction of sp³-hybridized carbons (Fsp3) is 0.500. The third kappa shape index (κ3) is 7.38. The average molecular weight is 281 g/mol. The van der Waals surface area contributed by atoms with Crippen LogP contribution in [0, 0.1) is 5.82 Å². The van der Waals surface area contributed by atoms with E-state index in [-0.39, 0.29) is 5.82 Å². The van der Waals surface area contributed by atoms with Gasteiger partial charge < -0.3 is 5.32 Å². The normalized spacial score (nSPS) is 12.4. The number of thioether (sulfide) groups is 1. The molecule has 19 heavy (non-hydrogen) atoms. The highest BCUT2D eigenvalue weighted by molar-refractivity contribution is 7.99. The lowest BCUT2D eigenvalue weighted by molar-refractivity contribution is 0.519. The average Bonchev–Trinajstić information content (AvgIpc) is 2.39. The molecule has 1 unspecified atom stereocenters. The summed E-state index contributed by atoms with van der Waals surface area (Å²) in [6.07, 6.45) is 3.32. The van der Waals surface area contributed by atoms with Gasteiger partial charge in [0.15, 0.2) is 0 Å². The van der Waals surface area contributed by atoms with E-state index in [1.807, 2.05) is 12.1 Å². The van der Waals surface area contributed by atoms with E-state index in [1.54, 1.807) is 11.8 Å². The molecular weight excluding hydrogens is 257 g/mol. The molecule has 1 rings (SSSR count). The second-order valence-electron chi connectivity index (χ2n) is 4.91. The summed E-state index contributed by atoms with van der Waals surface area (Å²) < 4.78 is 12.8. The second kappa shape index (κ2) is 9.16. The van der Waals surface area contributed by atoms with Crippen LogP contribution < -0.4 is 5.32 Å². The van der Waals surface area contributed by atoms with Crippen LogP contribution in [0.5, 0.6) is 0 Å². The van der Waals surface area contributed by atoms with E-state index in [2.05, 4.69) is 25.7 Å². The van der Waals surface area contributed by atoms with Gasteiger partial charge in [-0.15, -0.1) is 18.3 Å². The first-order valence-electron chi connectivity index (χ1n) is 6.88. The smallest absolute Gasteiger partial charge is 0.123 e. The van der Waals surface area contributed by atoms with Crippen LogP contribution in [0.15, 0.2) is 41.3 Å². The Morgan fingerprint density at radius 3 is 2.63 bits per heavy atom. The third-order valence-corrected chi connectivity index (χ3v) is 4.04. The molecule has 0 spiro atoms. The van der Waals surface area contributed by atoms with E-state index in [0.717, 1.165) is 36.5 Å². The van der Waals surface area contributed by atoms with Crippen LogP contribution in [0.3, 0.4) is 0 Å². The molecule has 0 fully saturated rings. The molecule has 0 saturated heterocycles. The van der Waals surface area contributed by atoms with Crippen LogP contribution >= 0.6 is 11.8 Å². The lowest BCUT2D eigenvalue weighted by Crippen LogP contribution is -2.32. The number of nitrogens with one attached hydrogen (secondary N) is 1. The minimum Gasteiger partial charge on any atom is -0.313 e. The van der Waals surface area contributed by atoms with Gasteiger partial charge in [0.1, 0.15) is 5.82 Å². The number of hydrogen-bond acceptors (Lipinski definition) is 2. The minimum atomic E-state index is -0.174. The lowest BCUT2D eigenvalue weighted by atomic mass is 10.1. The van der Waals surface area contributed by atoms with Crippen molar-refractivity contribution in [1.29, 1.82) is 0 Å². The fourth-order valence-corrected chi connectivity index (χ4v) is 2.75. The standard InChI is InChI=1S/C16H24FNS/c1-4-11-18-15(8-5-13(2)3)12-19-16-9-6-14(17)7-10-16/h6-7,9-10,15,18H,2,4-5,8,11-12H2,1,3H3. The molecule has 0 aliphatic heterocycles. The van der Waals surface area contributed by atoms with Crippen molar-refractivity contribution < 1.29 is 4.39 Å². The molecule has 106 valence electrons. The Kier molecular flexibility index (Phi) is 7.84. The molecular formula is C16H24FNS. The van der Waals surface area contributed by atoms with Gasteiger partial charge in [-0.05, 0) is 57.0 Å². The molecule has 0 aliphatic carbocycles. The van der Waals surface area contributed by atoms with Crippen LogP contribution in [-0.4, -0.2) is 18.3 Å². The number of allylic oxidation sites excluding steroid dienone is 1. The van der Waals surface area contributed by atoms with Gasteiger partial charge in [-0.1, -0.05) is 12.5 Å². The molecule has 0 radical (unpaired) electrons. The summed E-state index contributed by atoms with van der Waals surface area (Å²) in [4.78, 5) is 1.13. The quantitative estimate of drug-likeness (QED) is 0.522. The van der Waals surface area contributed by atoms with Crippen molar-refractivity contribution in [3.8, 4) is 0 Å². The van der Waals surface area contributed by atoms with E-state index >= 15 is 0 Å². The molecule has 0 aromatic heterocycles. The monoisotopic (exact) mass is 281 g/mol. The van der Waals surface area contributed by atoms with Crippen molar-refractivity contribution in [3.63, 3.8) is 0 Å². The Labute approximate surface area is 120 Å². The molecule has 0 saturated carbocycles. The molecule has 0 heterocycles. The highest BCUT2D eigenvalue weighted by Crippen LogP contribution is 2.20. The summed E-state index contributed by atoms with van der Waals surface area (Å²) in [6, 6.07) is 7.22. The predicted octanol–water partition coefficient (Wildman–Crippen LogP) is 4.64. The zero-order valence-electron chi connectivity index (χ0n) is 11.9. The molecule has 0 amide bonds. The van der Waals surface area contributed by atoms with Crippen LogP contribution in [0.25, 0.3) is 0 Å². The zero-order valence-corrected chi connectivity index (χ0v) is 12.7. The van der Waals surface area contributed by atoms with Crippen molar-refractivity contribution >= 4 is 11.8 Å². The number of halogens is 1. The Hall–Kier alpha value is -0.800. The molecule has 1 aromatic carbocycles. The van der Waals surface area contributed by atoms with Gasteiger partial charge in [0, 0.05) is 16.7 Å². The Morgan fingerprint density at radius 2 is 2.05 bits per heavy atom. The molecule has 0 aliphatic rings. The summed E-state index contributed by atoms with van der Waals surface area (Å²) in [7, 11) is 0. The summed E-state index contributed by atoms with van der Waals surface area (Å²) >= 11 is 1.78. The van der Waals surface area contributed by atoms with Crippen LogP contribution in [0.2, 0.25) is 0 Å². The summed E-state index contributed by atoms with van der Waals surface area (Å²) in [5.74, 6) is 0.839. The summed E-state index contributed by atoms with van der Waals surface area (Å²) in [5, 5.41) is 3.57. The lowest BCUT2D eigenvalue weighted by Gasteiger charge is -2.18. The van der Waals surface area contributed by atoms with E-state index in [9.17, 15) is 4.39 Å². The van der Waals surface area contributed by atoms with E-state index < -0.39 is 0 Å². The summed E-state index contributed by atoms with van der Waals surface area (Å²) in [5.41, 5.74) is 1.23. The van der Waals surface area contributed by atoms with Crippen molar-refractivity contribution in [2.45, 2.75) is 44.0 Å². The maximum absolute atomic E-state index is 12.8. The fourth-order valence-electron chi connectivity index (χ4n) is 1.74. The van der Waals surface area contributed by atoms with Gasteiger partial charge in [0.25, 0.3) is 0 Å². The Morgan fingerprint density at radius 1 is 1.37 bits per heavy atom. The largest absolute Gasteiger partial charge is 0.313 e. The van der Waals surface area contributed by atoms with Gasteiger partial charge >= 0.3 is 0 Å². The molecule has 1 aromatic rings. The topological polar surface area (TPSA) is 12.0 Å². The zero-order chi connectivity index (χ0) is 14.1. The molecule has 1 N–H and O–H groups in total. The Bertz CT molecular complexity index is 375. The van der Waals surface area contributed by atoms with E-state index in [1.165, 1.54) is 17.7 Å². The minimum absolute atomic E-state index is 0.174. The molecule has 1 nitrogen and oxygen atoms in total. The first-order chi connectivity index (χ1) is 9.11. The second-order valence-corrected chi connectivity index (χ2v) is 6.01. The van der Waals surface area contributed by atoms with Crippen LogP contribution in [-0.2, 0) is 0 Å². The first-order valence-corrected chi connectivity index (χ1v) is 7.86. The SMILES string of the molecule is C=C(C)CCC(CSc1ccc(F)cc1)NCCC. The van der Waals surface area contributed by atoms with E-state index in [0.29, 0.717) is 6.04 Å². The predicted molar refractivity (Wildman–Crippen MR) is 83.3 cm³/mol.